The van der Waals surface area contributed by atoms with E-state index in [-0.39, 0.29) is 36.6 Å². The van der Waals surface area contributed by atoms with Crippen LogP contribution in [0, 0.1) is 13.8 Å². The predicted molar refractivity (Wildman–Crippen MR) is 174 cm³/mol. The molecule has 0 unspecified atom stereocenters. The molecule has 0 radical (unpaired) electrons. The number of ether oxygens (including phenoxy) is 2. The zero-order chi connectivity index (χ0) is 33.0. The number of aliphatic imine (C=N–C) groups is 1. The maximum absolute atomic E-state index is 12.4. The van der Waals surface area contributed by atoms with Gasteiger partial charge in [-0.2, -0.15) is 0 Å². The summed E-state index contributed by atoms with van der Waals surface area (Å²) in [5, 5.41) is 4.54. The number of methoxy groups -OCH3 is 2. The average molecular weight is 615 g/mol. The molecule has 10 heteroatoms. The van der Waals surface area contributed by atoms with Crippen LogP contribution in [-0.2, 0) is 41.5 Å². The first-order valence-electron chi connectivity index (χ1n) is 15.3. The number of carbonyl (C=O) groups is 4. The van der Waals surface area contributed by atoms with Crippen LogP contribution in [0.25, 0.3) is 18.2 Å². The van der Waals surface area contributed by atoms with Gasteiger partial charge in [0, 0.05) is 51.8 Å². The van der Waals surface area contributed by atoms with E-state index in [9.17, 15) is 19.2 Å². The second kappa shape index (κ2) is 13.9. The molecule has 0 aliphatic carbocycles. The number of carbonyl (C=O) groups excluding carboxylic acids is 4. The molecule has 2 aromatic rings. The second-order valence-electron chi connectivity index (χ2n) is 11.3. The highest BCUT2D eigenvalue weighted by atomic mass is 16.5. The van der Waals surface area contributed by atoms with Crippen molar-refractivity contribution < 1.29 is 28.7 Å². The number of esters is 2. The zero-order valence-electron chi connectivity index (χ0n) is 27.4. The zero-order valence-corrected chi connectivity index (χ0v) is 27.4. The van der Waals surface area contributed by atoms with Crippen molar-refractivity contribution in [1.82, 2.24) is 15.3 Å². The third-order valence-electron chi connectivity index (χ3n) is 8.75. The van der Waals surface area contributed by atoms with Crippen LogP contribution in [0.15, 0.2) is 33.0 Å². The number of hydrogen-bond acceptors (Lipinski definition) is 6. The fourth-order valence-corrected chi connectivity index (χ4v) is 5.98. The van der Waals surface area contributed by atoms with E-state index < -0.39 is 0 Å². The summed E-state index contributed by atoms with van der Waals surface area (Å²) in [4.78, 5) is 60.3. The molecule has 0 aromatic carbocycles. The fraction of sp³-hybridized carbons (Fsp3) is 0.400. The third kappa shape index (κ3) is 6.84. The Balaban J connectivity index is 1.92. The number of amides is 2. The molecule has 0 fully saturated rings. The molecule has 2 amide bonds. The Morgan fingerprint density at radius 1 is 0.733 bits per heavy atom. The summed E-state index contributed by atoms with van der Waals surface area (Å²) in [6.07, 6.45) is 8.45. The van der Waals surface area contributed by atoms with E-state index in [1.165, 1.54) is 14.2 Å². The van der Waals surface area contributed by atoms with Crippen molar-refractivity contribution in [3.63, 3.8) is 0 Å². The van der Waals surface area contributed by atoms with Crippen LogP contribution >= 0.6 is 0 Å². The van der Waals surface area contributed by atoms with E-state index in [4.69, 9.17) is 9.47 Å². The number of H-pyrrole nitrogens is 2. The number of allylic oxidation sites excluding steroid dienone is 2. The van der Waals surface area contributed by atoms with E-state index in [0.29, 0.717) is 42.5 Å². The molecule has 0 atom stereocenters. The molecule has 10 nitrogen and oxygen atoms in total. The van der Waals surface area contributed by atoms with Gasteiger partial charge in [-0.25, -0.2) is 4.99 Å². The minimum absolute atomic E-state index is 0.106. The Labute approximate surface area is 263 Å². The molecule has 0 saturated heterocycles. The highest BCUT2D eigenvalue weighted by Gasteiger charge is 2.24. The lowest BCUT2D eigenvalue weighted by atomic mass is 10.0. The Morgan fingerprint density at radius 2 is 1.36 bits per heavy atom. The standard InChI is InChI=1S/C35H42N4O6/c1-9-22-20(5)34(42)38-28(22)15-26-18(3)24(11-13-32(40)44-7)30(36-26)17-31-25(12-14-33(41)45-8)19(4)27(37-31)16-29-23(10-2)21(6)35(43)39-29/h15-17,36-37H,9-14H2,1-8H3,(H,38,42)/b27-16?,28-15-,31-17-. The molecule has 0 spiro atoms. The van der Waals surface area contributed by atoms with Crippen molar-refractivity contribution in [3.05, 3.63) is 72.3 Å². The van der Waals surface area contributed by atoms with Gasteiger partial charge in [-0.3, -0.25) is 19.2 Å². The van der Waals surface area contributed by atoms with Crippen molar-refractivity contribution in [2.75, 3.05) is 14.2 Å². The Hall–Kier alpha value is -4.73. The van der Waals surface area contributed by atoms with Gasteiger partial charge in [0.2, 0.25) is 0 Å². The van der Waals surface area contributed by atoms with Crippen molar-refractivity contribution in [1.29, 1.82) is 0 Å². The SMILES string of the molecule is CCC1=C(C)C(=O)N=C1C=c1[nH]/c(=C\c2[nH]c(/C=C3\NC(=O)C(C)=C3CC)c(C)c2CCC(=O)OC)c(CCC(=O)OC)c1C. The van der Waals surface area contributed by atoms with Gasteiger partial charge in [0.05, 0.1) is 19.9 Å². The smallest absolute Gasteiger partial charge is 0.305 e. The molecular weight excluding hydrogens is 572 g/mol. The largest absolute Gasteiger partial charge is 0.469 e. The van der Waals surface area contributed by atoms with Gasteiger partial charge >= 0.3 is 11.9 Å². The topological polar surface area (TPSA) is 143 Å². The van der Waals surface area contributed by atoms with Crippen molar-refractivity contribution in [2.24, 2.45) is 4.99 Å². The first-order valence-corrected chi connectivity index (χ1v) is 15.3. The molecule has 238 valence electrons. The van der Waals surface area contributed by atoms with Gasteiger partial charge in [0.1, 0.15) is 0 Å². The van der Waals surface area contributed by atoms with E-state index in [0.717, 1.165) is 61.2 Å². The molecular formula is C35H42N4O6. The number of hydrogen-bond donors (Lipinski definition) is 3. The highest BCUT2D eigenvalue weighted by Crippen LogP contribution is 2.28. The summed E-state index contributed by atoms with van der Waals surface area (Å²) in [5.41, 5.74) is 9.96. The molecule has 0 saturated carbocycles. The minimum Gasteiger partial charge on any atom is -0.469 e. The van der Waals surface area contributed by atoms with Gasteiger partial charge in [-0.05, 0) is 105 Å². The number of aromatic nitrogens is 2. The van der Waals surface area contributed by atoms with Gasteiger partial charge in [-0.1, -0.05) is 13.8 Å². The van der Waals surface area contributed by atoms with Crippen molar-refractivity contribution in [2.45, 2.75) is 80.1 Å². The predicted octanol–water partition coefficient (Wildman–Crippen LogP) is 3.69. The first-order chi connectivity index (χ1) is 21.4. The summed E-state index contributed by atoms with van der Waals surface area (Å²) in [7, 11) is 2.74. The molecule has 45 heavy (non-hydrogen) atoms. The van der Waals surface area contributed by atoms with Gasteiger partial charge in [-0.15, -0.1) is 0 Å². The van der Waals surface area contributed by atoms with Crippen molar-refractivity contribution in [3.8, 4) is 0 Å². The monoisotopic (exact) mass is 614 g/mol. The summed E-state index contributed by atoms with van der Waals surface area (Å²) >= 11 is 0. The Bertz CT molecular complexity index is 1830. The lowest BCUT2D eigenvalue weighted by molar-refractivity contribution is -0.141. The lowest BCUT2D eigenvalue weighted by Gasteiger charge is -2.04. The summed E-state index contributed by atoms with van der Waals surface area (Å²) in [6.45, 7) is 11.6. The average Bonchev–Trinajstić information content (AvgIpc) is 3.67. The Morgan fingerprint density at radius 3 is 1.96 bits per heavy atom. The van der Waals surface area contributed by atoms with E-state index in [1.54, 1.807) is 6.92 Å². The first kappa shape index (κ1) is 33.2. The molecule has 0 bridgehead atoms. The van der Waals surface area contributed by atoms with Crippen LogP contribution in [0.4, 0.5) is 0 Å². The number of rotatable bonds is 11. The molecule has 3 N–H and O–H groups in total. The van der Waals surface area contributed by atoms with E-state index in [2.05, 4.69) is 20.3 Å². The molecule has 4 rings (SSSR count). The normalized spacial score (nSPS) is 16.8. The number of aromatic amines is 2. The number of nitrogens with zero attached hydrogens (tertiary/aromatic N) is 1. The van der Waals surface area contributed by atoms with E-state index >= 15 is 0 Å². The van der Waals surface area contributed by atoms with E-state index in [1.807, 2.05) is 52.8 Å². The Kier molecular flexibility index (Phi) is 10.3. The summed E-state index contributed by atoms with van der Waals surface area (Å²) < 4.78 is 9.83. The maximum atomic E-state index is 12.4. The number of nitrogens with one attached hydrogen (secondary N) is 3. The molecule has 2 aromatic heterocycles. The van der Waals surface area contributed by atoms with Gasteiger partial charge in [0.15, 0.2) is 0 Å². The van der Waals surface area contributed by atoms with Crippen molar-refractivity contribution >= 4 is 47.7 Å². The minimum atomic E-state index is -0.318. The van der Waals surface area contributed by atoms with Crippen LogP contribution in [0.1, 0.15) is 87.0 Å². The van der Waals surface area contributed by atoms with Crippen LogP contribution in [0.2, 0.25) is 0 Å². The highest BCUT2D eigenvalue weighted by molar-refractivity contribution is 6.30. The molecule has 2 aliphatic heterocycles. The van der Waals surface area contributed by atoms with Crippen LogP contribution in [-0.4, -0.2) is 53.7 Å². The second-order valence-corrected chi connectivity index (χ2v) is 11.3. The summed E-state index contributed by atoms with van der Waals surface area (Å²) in [5.74, 6) is -0.967. The maximum Gasteiger partial charge on any atom is 0.305 e. The van der Waals surface area contributed by atoms with Gasteiger partial charge in [0.25, 0.3) is 11.8 Å². The lowest BCUT2D eigenvalue weighted by Crippen LogP contribution is -2.15. The summed E-state index contributed by atoms with van der Waals surface area (Å²) in [6, 6.07) is 0. The quantitative estimate of drug-likeness (QED) is 0.330. The van der Waals surface area contributed by atoms with Gasteiger partial charge < -0.3 is 24.8 Å². The van der Waals surface area contributed by atoms with Crippen LogP contribution in [0.5, 0.6) is 0 Å². The van der Waals surface area contributed by atoms with Crippen LogP contribution in [0.3, 0.4) is 0 Å². The third-order valence-corrected chi connectivity index (χ3v) is 8.75. The molecule has 2 aliphatic rings. The molecule has 4 heterocycles. The van der Waals surface area contributed by atoms with Crippen LogP contribution < -0.4 is 16.0 Å². The fourth-order valence-electron chi connectivity index (χ4n) is 5.98.